The predicted molar refractivity (Wildman–Crippen MR) is 86.2 cm³/mol. The van der Waals surface area contributed by atoms with Gasteiger partial charge in [-0.3, -0.25) is 4.79 Å². The van der Waals surface area contributed by atoms with E-state index in [1.54, 1.807) is 0 Å². The molecule has 0 aromatic heterocycles. The van der Waals surface area contributed by atoms with E-state index in [1.807, 2.05) is 0 Å². The second-order valence-electron chi connectivity index (χ2n) is 7.07. The van der Waals surface area contributed by atoms with E-state index in [4.69, 9.17) is 0 Å². The molecule has 0 radical (unpaired) electrons. The molecule has 1 saturated carbocycles. The van der Waals surface area contributed by atoms with Crippen molar-refractivity contribution in [2.45, 2.75) is 58.8 Å². The van der Waals surface area contributed by atoms with E-state index in [0.717, 1.165) is 38.4 Å². The normalized spacial score (nSPS) is 25.2. The number of carbonyl (C=O) groups excluding carboxylic acids is 1. The highest BCUT2D eigenvalue weighted by molar-refractivity contribution is 5.85. The van der Waals surface area contributed by atoms with Crippen molar-refractivity contribution in [2.24, 2.45) is 17.3 Å². The second kappa shape index (κ2) is 8.23. The first-order valence-corrected chi connectivity index (χ1v) is 8.10. The number of halogens is 1. The quantitative estimate of drug-likeness (QED) is 0.819. The highest BCUT2D eigenvalue weighted by Crippen LogP contribution is 2.42. The van der Waals surface area contributed by atoms with Crippen LogP contribution in [0, 0.1) is 17.3 Å². The zero-order valence-electron chi connectivity index (χ0n) is 13.0. The zero-order valence-corrected chi connectivity index (χ0v) is 13.9. The molecule has 0 bridgehead atoms. The molecule has 0 spiro atoms. The van der Waals surface area contributed by atoms with E-state index in [2.05, 4.69) is 24.5 Å². The molecule has 1 heterocycles. The lowest BCUT2D eigenvalue weighted by atomic mass is 9.78. The molecule has 4 heteroatoms. The van der Waals surface area contributed by atoms with Gasteiger partial charge in [0.15, 0.2) is 0 Å². The Morgan fingerprint density at radius 2 is 2.00 bits per heavy atom. The highest BCUT2D eigenvalue weighted by Gasteiger charge is 2.35. The van der Waals surface area contributed by atoms with Crippen LogP contribution in [-0.2, 0) is 4.79 Å². The van der Waals surface area contributed by atoms with Crippen molar-refractivity contribution >= 4 is 18.3 Å². The van der Waals surface area contributed by atoms with E-state index in [1.165, 1.54) is 32.1 Å². The van der Waals surface area contributed by atoms with Gasteiger partial charge in [-0.15, -0.1) is 12.4 Å². The van der Waals surface area contributed by atoms with Crippen LogP contribution in [0.15, 0.2) is 0 Å². The number of rotatable bonds is 5. The first-order valence-electron chi connectivity index (χ1n) is 8.10. The zero-order chi connectivity index (χ0) is 13.7. The summed E-state index contributed by atoms with van der Waals surface area (Å²) in [5.74, 6) is 1.21. The molecule has 118 valence electrons. The SMILES string of the molecule is CC(C)CC1(CNC(=O)[C@@H]2CCCNC2)CCCC1.Cl. The number of carbonyl (C=O) groups is 1. The molecule has 2 aliphatic rings. The van der Waals surface area contributed by atoms with Gasteiger partial charge < -0.3 is 10.6 Å². The minimum absolute atomic E-state index is 0. The van der Waals surface area contributed by atoms with E-state index >= 15 is 0 Å². The average molecular weight is 303 g/mol. The molecule has 1 amide bonds. The fourth-order valence-corrected chi connectivity index (χ4v) is 3.94. The van der Waals surface area contributed by atoms with E-state index in [0.29, 0.717) is 5.41 Å². The number of nitrogens with one attached hydrogen (secondary N) is 2. The molecule has 0 aromatic carbocycles. The predicted octanol–water partition coefficient (Wildman–Crippen LogP) is 3.13. The summed E-state index contributed by atoms with van der Waals surface area (Å²) in [6.45, 7) is 7.44. The van der Waals surface area contributed by atoms with Crippen LogP contribution in [0.4, 0.5) is 0 Å². The Kier molecular flexibility index (Phi) is 7.32. The van der Waals surface area contributed by atoms with E-state index < -0.39 is 0 Å². The number of hydrogen-bond donors (Lipinski definition) is 2. The van der Waals surface area contributed by atoms with Crippen molar-refractivity contribution in [1.82, 2.24) is 10.6 Å². The van der Waals surface area contributed by atoms with Crippen LogP contribution < -0.4 is 10.6 Å². The van der Waals surface area contributed by atoms with Gasteiger partial charge in [0.2, 0.25) is 5.91 Å². The minimum Gasteiger partial charge on any atom is -0.355 e. The molecular formula is C16H31ClN2O. The molecule has 1 saturated heterocycles. The summed E-state index contributed by atoms with van der Waals surface area (Å²) in [5, 5.41) is 6.59. The Bertz CT molecular complexity index is 295. The summed E-state index contributed by atoms with van der Waals surface area (Å²) in [6.07, 6.45) is 8.73. The van der Waals surface area contributed by atoms with Gasteiger partial charge in [-0.05, 0) is 50.0 Å². The first-order chi connectivity index (χ1) is 9.11. The first kappa shape index (κ1) is 17.8. The van der Waals surface area contributed by atoms with Crippen LogP contribution in [-0.4, -0.2) is 25.5 Å². The van der Waals surface area contributed by atoms with Gasteiger partial charge in [-0.2, -0.15) is 0 Å². The maximum Gasteiger partial charge on any atom is 0.224 e. The molecule has 1 atom stereocenters. The third-order valence-electron chi connectivity index (χ3n) is 4.81. The van der Waals surface area contributed by atoms with Crippen LogP contribution in [0.3, 0.4) is 0 Å². The molecule has 2 fully saturated rings. The van der Waals surface area contributed by atoms with Gasteiger partial charge in [0, 0.05) is 13.1 Å². The maximum absolute atomic E-state index is 12.2. The summed E-state index contributed by atoms with van der Waals surface area (Å²) in [4.78, 5) is 12.2. The summed E-state index contributed by atoms with van der Waals surface area (Å²) in [7, 11) is 0. The van der Waals surface area contributed by atoms with Crippen molar-refractivity contribution in [3.63, 3.8) is 0 Å². The lowest BCUT2D eigenvalue weighted by molar-refractivity contribution is -0.126. The summed E-state index contributed by atoms with van der Waals surface area (Å²) >= 11 is 0. The van der Waals surface area contributed by atoms with Gasteiger partial charge >= 0.3 is 0 Å². The van der Waals surface area contributed by atoms with Gasteiger partial charge in [0.05, 0.1) is 5.92 Å². The number of amides is 1. The molecule has 2 rings (SSSR count). The van der Waals surface area contributed by atoms with Gasteiger partial charge in [-0.25, -0.2) is 0 Å². The molecule has 2 N–H and O–H groups in total. The summed E-state index contributed by atoms with van der Waals surface area (Å²) in [5.41, 5.74) is 0.395. The van der Waals surface area contributed by atoms with Crippen molar-refractivity contribution in [2.75, 3.05) is 19.6 Å². The van der Waals surface area contributed by atoms with Crippen molar-refractivity contribution in [3.05, 3.63) is 0 Å². The van der Waals surface area contributed by atoms with Gasteiger partial charge in [0.1, 0.15) is 0 Å². The van der Waals surface area contributed by atoms with Gasteiger partial charge in [0.25, 0.3) is 0 Å². The lowest BCUT2D eigenvalue weighted by Gasteiger charge is -2.32. The van der Waals surface area contributed by atoms with Crippen LogP contribution in [0.2, 0.25) is 0 Å². The Labute approximate surface area is 130 Å². The third kappa shape index (κ3) is 4.92. The summed E-state index contributed by atoms with van der Waals surface area (Å²) in [6, 6.07) is 0. The van der Waals surface area contributed by atoms with Crippen LogP contribution in [0.5, 0.6) is 0 Å². The van der Waals surface area contributed by atoms with Gasteiger partial charge in [-0.1, -0.05) is 26.7 Å². The average Bonchev–Trinajstić information content (AvgIpc) is 2.85. The largest absolute Gasteiger partial charge is 0.355 e. The Morgan fingerprint density at radius 3 is 2.55 bits per heavy atom. The van der Waals surface area contributed by atoms with E-state index in [-0.39, 0.29) is 24.2 Å². The fraction of sp³-hybridized carbons (Fsp3) is 0.938. The van der Waals surface area contributed by atoms with Crippen LogP contribution in [0.1, 0.15) is 58.8 Å². The topological polar surface area (TPSA) is 41.1 Å². The van der Waals surface area contributed by atoms with Crippen molar-refractivity contribution in [1.29, 1.82) is 0 Å². The monoisotopic (exact) mass is 302 g/mol. The fourth-order valence-electron chi connectivity index (χ4n) is 3.94. The standard InChI is InChI=1S/C16H30N2O.ClH/c1-13(2)10-16(7-3-4-8-16)12-18-15(19)14-6-5-9-17-11-14;/h13-14,17H,3-12H2,1-2H3,(H,18,19);1H/t14-;/m1./s1. The second-order valence-corrected chi connectivity index (χ2v) is 7.07. The van der Waals surface area contributed by atoms with Crippen molar-refractivity contribution in [3.8, 4) is 0 Å². The lowest BCUT2D eigenvalue weighted by Crippen LogP contribution is -2.44. The number of hydrogen-bond acceptors (Lipinski definition) is 2. The third-order valence-corrected chi connectivity index (χ3v) is 4.81. The molecule has 1 aliphatic carbocycles. The molecule has 20 heavy (non-hydrogen) atoms. The smallest absolute Gasteiger partial charge is 0.224 e. The molecule has 3 nitrogen and oxygen atoms in total. The number of piperidine rings is 1. The Morgan fingerprint density at radius 1 is 1.30 bits per heavy atom. The Balaban J connectivity index is 0.00000200. The molecular weight excluding hydrogens is 272 g/mol. The summed E-state index contributed by atoms with van der Waals surface area (Å²) < 4.78 is 0. The molecule has 0 unspecified atom stereocenters. The van der Waals surface area contributed by atoms with Crippen LogP contribution >= 0.6 is 12.4 Å². The highest BCUT2D eigenvalue weighted by atomic mass is 35.5. The van der Waals surface area contributed by atoms with E-state index in [9.17, 15) is 4.79 Å². The maximum atomic E-state index is 12.2. The van der Waals surface area contributed by atoms with Crippen LogP contribution in [0.25, 0.3) is 0 Å². The molecule has 1 aliphatic heterocycles. The van der Waals surface area contributed by atoms with Crippen molar-refractivity contribution < 1.29 is 4.79 Å². The molecule has 0 aromatic rings. The Hall–Kier alpha value is -0.280. The minimum atomic E-state index is 0.